The van der Waals surface area contributed by atoms with Gasteiger partial charge in [0.2, 0.25) is 5.91 Å². The summed E-state index contributed by atoms with van der Waals surface area (Å²) in [5.41, 5.74) is 3.42. The van der Waals surface area contributed by atoms with E-state index >= 15 is 0 Å². The Hall–Kier alpha value is -1.84. The lowest BCUT2D eigenvalue weighted by Crippen LogP contribution is -2.18. The summed E-state index contributed by atoms with van der Waals surface area (Å²) in [6, 6.07) is 7.49. The molecular formula is C12H14N2O2. The molecular weight excluding hydrogens is 204 g/mol. The van der Waals surface area contributed by atoms with E-state index in [1.807, 2.05) is 24.3 Å². The van der Waals surface area contributed by atoms with Gasteiger partial charge in [-0.3, -0.25) is 4.79 Å². The topological polar surface area (TPSA) is 50.7 Å². The van der Waals surface area contributed by atoms with Gasteiger partial charge in [-0.2, -0.15) is 5.10 Å². The molecule has 1 aliphatic rings. The number of hydrogen-bond acceptors (Lipinski definition) is 3. The highest BCUT2D eigenvalue weighted by Crippen LogP contribution is 2.28. The lowest BCUT2D eigenvalue weighted by atomic mass is 10.2. The largest absolute Gasteiger partial charge is 0.497 e. The van der Waals surface area contributed by atoms with Crippen molar-refractivity contribution in [2.75, 3.05) is 7.11 Å². The van der Waals surface area contributed by atoms with Crippen molar-refractivity contribution in [1.82, 2.24) is 5.43 Å². The Morgan fingerprint density at radius 1 is 1.56 bits per heavy atom. The van der Waals surface area contributed by atoms with Gasteiger partial charge >= 0.3 is 0 Å². The van der Waals surface area contributed by atoms with Crippen LogP contribution in [0.4, 0.5) is 0 Å². The first kappa shape index (κ1) is 10.7. The smallest absolute Gasteiger partial charge is 0.243 e. The van der Waals surface area contributed by atoms with Crippen LogP contribution in [0.25, 0.3) is 0 Å². The van der Waals surface area contributed by atoms with Crippen LogP contribution in [0.2, 0.25) is 0 Å². The first-order chi connectivity index (χ1) is 7.79. The lowest BCUT2D eigenvalue weighted by Gasteiger charge is -2.00. The first-order valence-electron chi connectivity index (χ1n) is 5.26. The van der Waals surface area contributed by atoms with Crippen LogP contribution in [-0.2, 0) is 4.79 Å². The molecule has 2 rings (SSSR count). The molecule has 4 heteroatoms. The molecule has 0 unspecified atom stereocenters. The van der Waals surface area contributed by atoms with Gasteiger partial charge in [-0.05, 0) is 30.5 Å². The Bertz CT molecular complexity index is 411. The second kappa shape index (κ2) is 4.79. The Balaban J connectivity index is 1.91. The number of nitrogens with zero attached hydrogens (tertiary/aromatic N) is 1. The maximum absolute atomic E-state index is 11.3. The number of amides is 1. The fraction of sp³-hybridized carbons (Fsp3) is 0.333. The third-order valence-electron chi connectivity index (χ3n) is 2.43. The summed E-state index contributed by atoms with van der Waals surface area (Å²) >= 11 is 0. The van der Waals surface area contributed by atoms with E-state index in [1.165, 1.54) is 0 Å². The van der Waals surface area contributed by atoms with Gasteiger partial charge in [0, 0.05) is 5.92 Å². The fourth-order valence-electron chi connectivity index (χ4n) is 1.33. The summed E-state index contributed by atoms with van der Waals surface area (Å²) in [6.07, 6.45) is 3.59. The van der Waals surface area contributed by atoms with Crippen LogP contribution in [0.5, 0.6) is 5.75 Å². The van der Waals surface area contributed by atoms with Crippen molar-refractivity contribution in [3.05, 3.63) is 29.8 Å². The zero-order valence-electron chi connectivity index (χ0n) is 9.14. The van der Waals surface area contributed by atoms with Crippen molar-refractivity contribution >= 4 is 12.1 Å². The van der Waals surface area contributed by atoms with Gasteiger partial charge < -0.3 is 4.74 Å². The van der Waals surface area contributed by atoms with Crippen molar-refractivity contribution in [2.24, 2.45) is 11.0 Å². The molecule has 0 spiro atoms. The van der Waals surface area contributed by atoms with Crippen LogP contribution < -0.4 is 10.2 Å². The summed E-state index contributed by atoms with van der Waals surface area (Å²) in [7, 11) is 1.62. The van der Waals surface area contributed by atoms with Crippen LogP contribution in [0.1, 0.15) is 18.4 Å². The second-order valence-corrected chi connectivity index (χ2v) is 3.79. The molecule has 4 nitrogen and oxygen atoms in total. The van der Waals surface area contributed by atoms with Crippen molar-refractivity contribution < 1.29 is 9.53 Å². The summed E-state index contributed by atoms with van der Waals surface area (Å²) in [5, 5.41) is 3.90. The molecule has 84 valence electrons. The molecule has 1 saturated carbocycles. The average Bonchev–Trinajstić information content (AvgIpc) is 3.13. The molecule has 0 saturated heterocycles. The third-order valence-corrected chi connectivity index (χ3v) is 2.43. The summed E-state index contributed by atoms with van der Waals surface area (Å²) in [6.45, 7) is 0. The minimum Gasteiger partial charge on any atom is -0.497 e. The third kappa shape index (κ3) is 2.82. The lowest BCUT2D eigenvalue weighted by molar-refractivity contribution is -0.122. The van der Waals surface area contributed by atoms with E-state index in [4.69, 9.17) is 4.74 Å². The molecule has 0 heterocycles. The molecule has 16 heavy (non-hydrogen) atoms. The van der Waals surface area contributed by atoms with E-state index in [9.17, 15) is 4.79 Å². The van der Waals surface area contributed by atoms with Crippen molar-refractivity contribution in [2.45, 2.75) is 12.8 Å². The summed E-state index contributed by atoms with van der Waals surface area (Å²) < 4.78 is 5.08. The van der Waals surface area contributed by atoms with Gasteiger partial charge in [-0.15, -0.1) is 0 Å². The highest BCUT2D eigenvalue weighted by molar-refractivity contribution is 5.84. The maximum Gasteiger partial charge on any atom is 0.243 e. The quantitative estimate of drug-likeness (QED) is 0.616. The Kier molecular flexibility index (Phi) is 3.19. The van der Waals surface area contributed by atoms with E-state index in [-0.39, 0.29) is 11.8 Å². The molecule has 0 radical (unpaired) electrons. The van der Waals surface area contributed by atoms with Gasteiger partial charge in [0.15, 0.2) is 0 Å². The zero-order valence-corrected chi connectivity index (χ0v) is 9.14. The Morgan fingerprint density at radius 3 is 3.06 bits per heavy atom. The molecule has 0 atom stereocenters. The predicted octanol–water partition coefficient (Wildman–Crippen LogP) is 1.56. The van der Waals surface area contributed by atoms with E-state index in [1.54, 1.807) is 13.3 Å². The van der Waals surface area contributed by atoms with Crippen LogP contribution in [0.3, 0.4) is 0 Å². The average molecular weight is 218 g/mol. The van der Waals surface area contributed by atoms with E-state index in [0.29, 0.717) is 0 Å². The van der Waals surface area contributed by atoms with Crippen molar-refractivity contribution in [1.29, 1.82) is 0 Å². The summed E-state index contributed by atoms with van der Waals surface area (Å²) in [4.78, 5) is 11.3. The van der Waals surface area contributed by atoms with Gasteiger partial charge in [-0.1, -0.05) is 12.1 Å². The minimum atomic E-state index is 0.0131. The van der Waals surface area contributed by atoms with Crippen LogP contribution in [-0.4, -0.2) is 19.2 Å². The van der Waals surface area contributed by atoms with Gasteiger partial charge in [0.05, 0.1) is 13.3 Å². The minimum absolute atomic E-state index is 0.0131. The number of carbonyl (C=O) groups excluding carboxylic acids is 1. The molecule has 1 amide bonds. The molecule has 1 aliphatic carbocycles. The summed E-state index contributed by atoms with van der Waals surface area (Å²) in [5.74, 6) is 0.971. The van der Waals surface area contributed by atoms with E-state index in [2.05, 4.69) is 10.5 Å². The standard InChI is InChI=1S/C12H14N2O2/c1-16-11-4-2-3-9(7-11)8-13-14-12(15)10-5-6-10/h2-4,7-8,10H,5-6H2,1H3,(H,14,15)/b13-8-. The van der Waals surface area contributed by atoms with Crippen molar-refractivity contribution in [3.63, 3.8) is 0 Å². The Labute approximate surface area is 94.3 Å². The van der Waals surface area contributed by atoms with Crippen LogP contribution >= 0.6 is 0 Å². The predicted molar refractivity (Wildman–Crippen MR) is 61.5 cm³/mol. The number of hydrogen-bond donors (Lipinski definition) is 1. The Morgan fingerprint density at radius 2 is 2.38 bits per heavy atom. The number of benzene rings is 1. The van der Waals surface area contributed by atoms with E-state index < -0.39 is 0 Å². The molecule has 1 N–H and O–H groups in total. The maximum atomic E-state index is 11.3. The van der Waals surface area contributed by atoms with Crippen LogP contribution in [0.15, 0.2) is 29.4 Å². The zero-order chi connectivity index (χ0) is 11.4. The molecule has 0 aliphatic heterocycles. The monoisotopic (exact) mass is 218 g/mol. The highest BCUT2D eigenvalue weighted by atomic mass is 16.5. The van der Waals surface area contributed by atoms with E-state index in [0.717, 1.165) is 24.2 Å². The van der Waals surface area contributed by atoms with Gasteiger partial charge in [0.1, 0.15) is 5.75 Å². The van der Waals surface area contributed by atoms with Gasteiger partial charge in [0.25, 0.3) is 0 Å². The van der Waals surface area contributed by atoms with Crippen LogP contribution in [0, 0.1) is 5.92 Å². The van der Waals surface area contributed by atoms with Crippen molar-refractivity contribution in [3.8, 4) is 5.75 Å². The number of nitrogens with one attached hydrogen (secondary N) is 1. The number of hydrazone groups is 1. The molecule has 0 bridgehead atoms. The molecule has 1 aromatic rings. The normalized spacial score (nSPS) is 15.1. The molecule has 1 aromatic carbocycles. The SMILES string of the molecule is COc1cccc(/C=N\NC(=O)C2CC2)c1. The molecule has 1 fully saturated rings. The fourth-order valence-corrected chi connectivity index (χ4v) is 1.33. The second-order valence-electron chi connectivity index (χ2n) is 3.79. The molecule has 0 aromatic heterocycles. The van der Waals surface area contributed by atoms with Gasteiger partial charge in [-0.25, -0.2) is 5.43 Å². The number of rotatable bonds is 4. The number of methoxy groups -OCH3 is 1. The first-order valence-corrected chi connectivity index (χ1v) is 5.26. The number of ether oxygens (including phenoxy) is 1. The highest BCUT2D eigenvalue weighted by Gasteiger charge is 2.29. The number of carbonyl (C=O) groups is 1.